The highest BCUT2D eigenvalue weighted by molar-refractivity contribution is 8.00. The number of halogens is 1. The van der Waals surface area contributed by atoms with Crippen molar-refractivity contribution < 1.29 is 23.8 Å². The van der Waals surface area contributed by atoms with E-state index < -0.39 is 12.1 Å². The van der Waals surface area contributed by atoms with Crippen molar-refractivity contribution in [3.63, 3.8) is 0 Å². The standard InChI is InChI=1S/C13H14FNO4S/c14-9-1-3-10(4-2-9)20-8-12(16)15-5-6-19-11(7-15)13(17)18/h1-4,11H,5-8H2,(H,17,18). The van der Waals surface area contributed by atoms with Crippen LogP contribution in [0.4, 0.5) is 4.39 Å². The predicted octanol–water partition coefficient (Wildman–Crippen LogP) is 1.23. The third-order valence-electron chi connectivity index (χ3n) is 2.87. The molecule has 108 valence electrons. The Balaban J connectivity index is 1.85. The number of carboxylic acids is 1. The van der Waals surface area contributed by atoms with Gasteiger partial charge in [0.1, 0.15) is 5.82 Å². The van der Waals surface area contributed by atoms with Gasteiger partial charge in [0, 0.05) is 11.4 Å². The Bertz CT molecular complexity index is 494. The molecule has 0 spiro atoms. The minimum Gasteiger partial charge on any atom is -0.479 e. The van der Waals surface area contributed by atoms with Crippen LogP contribution < -0.4 is 0 Å². The molecule has 1 saturated heterocycles. The second kappa shape index (κ2) is 6.71. The lowest BCUT2D eigenvalue weighted by molar-refractivity contribution is -0.158. The number of nitrogens with zero attached hydrogens (tertiary/aromatic N) is 1. The Morgan fingerprint density at radius 2 is 2.10 bits per heavy atom. The molecule has 0 aliphatic carbocycles. The fourth-order valence-corrected chi connectivity index (χ4v) is 2.59. The van der Waals surface area contributed by atoms with Crippen LogP contribution in [0.2, 0.25) is 0 Å². The van der Waals surface area contributed by atoms with Gasteiger partial charge in [-0.3, -0.25) is 4.79 Å². The summed E-state index contributed by atoms with van der Waals surface area (Å²) < 4.78 is 17.8. The second-order valence-electron chi connectivity index (χ2n) is 4.28. The lowest BCUT2D eigenvalue weighted by Crippen LogP contribution is -2.49. The van der Waals surface area contributed by atoms with E-state index in [4.69, 9.17) is 9.84 Å². The fourth-order valence-electron chi connectivity index (χ4n) is 1.79. The minimum atomic E-state index is -1.06. The van der Waals surface area contributed by atoms with Crippen LogP contribution in [-0.2, 0) is 14.3 Å². The molecule has 2 rings (SSSR count). The number of aliphatic carboxylic acids is 1. The van der Waals surface area contributed by atoms with E-state index in [-0.39, 0.29) is 30.6 Å². The molecule has 1 heterocycles. The summed E-state index contributed by atoms with van der Waals surface area (Å²) in [5.74, 6) is -1.33. The molecule has 1 amide bonds. The summed E-state index contributed by atoms with van der Waals surface area (Å²) in [7, 11) is 0. The molecule has 1 aromatic carbocycles. The molecule has 0 aromatic heterocycles. The Morgan fingerprint density at radius 3 is 2.75 bits per heavy atom. The van der Waals surface area contributed by atoms with Crippen molar-refractivity contribution in [2.75, 3.05) is 25.4 Å². The van der Waals surface area contributed by atoms with E-state index in [0.29, 0.717) is 6.54 Å². The van der Waals surface area contributed by atoms with Crippen LogP contribution in [0.3, 0.4) is 0 Å². The van der Waals surface area contributed by atoms with Gasteiger partial charge in [0.25, 0.3) is 0 Å². The zero-order valence-electron chi connectivity index (χ0n) is 10.6. The van der Waals surface area contributed by atoms with Gasteiger partial charge < -0.3 is 14.7 Å². The zero-order valence-corrected chi connectivity index (χ0v) is 11.4. The second-order valence-corrected chi connectivity index (χ2v) is 5.33. The van der Waals surface area contributed by atoms with Gasteiger partial charge in [0.15, 0.2) is 6.10 Å². The topological polar surface area (TPSA) is 66.8 Å². The summed E-state index contributed by atoms with van der Waals surface area (Å²) in [6.07, 6.45) is -0.955. The number of benzene rings is 1. The summed E-state index contributed by atoms with van der Waals surface area (Å²) in [6.45, 7) is 0.689. The summed E-state index contributed by atoms with van der Waals surface area (Å²) >= 11 is 1.29. The Kier molecular flexibility index (Phi) is 4.97. The molecule has 0 radical (unpaired) electrons. The van der Waals surface area contributed by atoms with E-state index in [0.717, 1.165) is 4.90 Å². The molecule has 1 aliphatic rings. The van der Waals surface area contributed by atoms with E-state index in [9.17, 15) is 14.0 Å². The van der Waals surface area contributed by atoms with Gasteiger partial charge in [0.2, 0.25) is 5.91 Å². The van der Waals surface area contributed by atoms with E-state index >= 15 is 0 Å². The number of amides is 1. The molecule has 20 heavy (non-hydrogen) atoms. The van der Waals surface area contributed by atoms with Gasteiger partial charge in [-0.2, -0.15) is 0 Å². The van der Waals surface area contributed by atoms with Crippen LogP contribution in [0.1, 0.15) is 0 Å². The lowest BCUT2D eigenvalue weighted by Gasteiger charge is -2.30. The van der Waals surface area contributed by atoms with E-state index in [1.54, 1.807) is 12.1 Å². The molecular formula is C13H14FNO4S. The van der Waals surface area contributed by atoms with Crippen LogP contribution >= 0.6 is 11.8 Å². The molecule has 7 heteroatoms. The first-order valence-corrected chi connectivity index (χ1v) is 7.05. The number of hydrogen-bond acceptors (Lipinski definition) is 4. The predicted molar refractivity (Wildman–Crippen MR) is 71.1 cm³/mol. The Morgan fingerprint density at radius 1 is 1.40 bits per heavy atom. The smallest absolute Gasteiger partial charge is 0.334 e. The van der Waals surface area contributed by atoms with Gasteiger partial charge in [-0.1, -0.05) is 0 Å². The highest BCUT2D eigenvalue weighted by Gasteiger charge is 2.28. The van der Waals surface area contributed by atoms with Gasteiger partial charge in [-0.25, -0.2) is 9.18 Å². The van der Waals surface area contributed by atoms with Crippen molar-refractivity contribution in [1.29, 1.82) is 0 Å². The Labute approximate surface area is 119 Å². The number of morpholine rings is 1. The van der Waals surface area contributed by atoms with Crippen LogP contribution in [0, 0.1) is 5.82 Å². The number of carbonyl (C=O) groups is 2. The van der Waals surface area contributed by atoms with E-state index in [1.165, 1.54) is 28.8 Å². The molecule has 5 nitrogen and oxygen atoms in total. The van der Waals surface area contributed by atoms with E-state index in [1.807, 2.05) is 0 Å². The molecular weight excluding hydrogens is 285 g/mol. The number of carboxylic acid groups (broad SMARTS) is 1. The summed E-state index contributed by atoms with van der Waals surface area (Å²) in [4.78, 5) is 25.1. The molecule has 1 fully saturated rings. The maximum absolute atomic E-state index is 12.7. The van der Waals surface area contributed by atoms with Crippen molar-refractivity contribution in [2.24, 2.45) is 0 Å². The molecule has 0 bridgehead atoms. The maximum Gasteiger partial charge on any atom is 0.334 e. The first-order chi connectivity index (χ1) is 9.56. The number of hydrogen-bond donors (Lipinski definition) is 1. The largest absolute Gasteiger partial charge is 0.479 e. The van der Waals surface area contributed by atoms with Gasteiger partial charge in [0.05, 0.1) is 18.9 Å². The molecule has 1 aliphatic heterocycles. The first-order valence-electron chi connectivity index (χ1n) is 6.07. The minimum absolute atomic E-state index is 0.0676. The maximum atomic E-state index is 12.7. The molecule has 1 N–H and O–H groups in total. The number of thioether (sulfide) groups is 1. The molecule has 0 saturated carbocycles. The van der Waals surface area contributed by atoms with Crippen LogP contribution in [0.25, 0.3) is 0 Å². The van der Waals surface area contributed by atoms with Crippen LogP contribution in [-0.4, -0.2) is 53.4 Å². The van der Waals surface area contributed by atoms with E-state index in [2.05, 4.69) is 0 Å². The zero-order chi connectivity index (χ0) is 14.5. The third kappa shape index (κ3) is 3.94. The van der Waals surface area contributed by atoms with Gasteiger partial charge >= 0.3 is 5.97 Å². The molecule has 1 aromatic rings. The number of carbonyl (C=O) groups excluding carboxylic acids is 1. The summed E-state index contributed by atoms with van der Waals surface area (Å²) in [5, 5.41) is 8.87. The number of ether oxygens (including phenoxy) is 1. The number of rotatable bonds is 4. The highest BCUT2D eigenvalue weighted by Crippen LogP contribution is 2.19. The SMILES string of the molecule is O=C(O)C1CN(C(=O)CSc2ccc(F)cc2)CCO1. The van der Waals surface area contributed by atoms with Gasteiger partial charge in [-0.15, -0.1) is 11.8 Å². The lowest BCUT2D eigenvalue weighted by atomic mass is 10.3. The van der Waals surface area contributed by atoms with Crippen molar-refractivity contribution in [1.82, 2.24) is 4.90 Å². The molecule has 1 unspecified atom stereocenters. The summed E-state index contributed by atoms with van der Waals surface area (Å²) in [6, 6.07) is 5.88. The summed E-state index contributed by atoms with van der Waals surface area (Å²) in [5.41, 5.74) is 0. The third-order valence-corrected chi connectivity index (χ3v) is 3.87. The first kappa shape index (κ1) is 14.8. The average molecular weight is 299 g/mol. The Hall–Kier alpha value is -1.60. The van der Waals surface area contributed by atoms with Crippen LogP contribution in [0.15, 0.2) is 29.2 Å². The van der Waals surface area contributed by atoms with Gasteiger partial charge in [-0.05, 0) is 24.3 Å². The normalized spacial score (nSPS) is 18.9. The monoisotopic (exact) mass is 299 g/mol. The van der Waals surface area contributed by atoms with Crippen molar-refractivity contribution >= 4 is 23.6 Å². The van der Waals surface area contributed by atoms with Crippen molar-refractivity contribution in [3.05, 3.63) is 30.1 Å². The fraction of sp³-hybridized carbons (Fsp3) is 0.385. The highest BCUT2D eigenvalue weighted by atomic mass is 32.2. The van der Waals surface area contributed by atoms with Crippen molar-refractivity contribution in [2.45, 2.75) is 11.0 Å². The molecule has 1 atom stereocenters. The van der Waals surface area contributed by atoms with Crippen molar-refractivity contribution in [3.8, 4) is 0 Å². The quantitative estimate of drug-likeness (QED) is 0.847. The average Bonchev–Trinajstić information content (AvgIpc) is 2.46. The van der Waals surface area contributed by atoms with Crippen LogP contribution in [0.5, 0.6) is 0 Å².